The molecule has 2 saturated heterocycles. The first-order valence-electron chi connectivity index (χ1n) is 7.96. The first kappa shape index (κ1) is 15.8. The number of β-amino-alcohol motifs (C(OH)–C–C–N with tert-alkyl or cyclic N) is 1. The lowest BCUT2D eigenvalue weighted by Gasteiger charge is -2.36. The summed E-state index contributed by atoms with van der Waals surface area (Å²) in [6.45, 7) is 11.1. The van der Waals surface area contributed by atoms with E-state index < -0.39 is 0 Å². The van der Waals surface area contributed by atoms with Crippen LogP contribution in [0.3, 0.4) is 0 Å². The number of rotatable bonds is 5. The van der Waals surface area contributed by atoms with Gasteiger partial charge in [-0.2, -0.15) is 0 Å². The summed E-state index contributed by atoms with van der Waals surface area (Å²) in [5, 5.41) is 10.3. The normalized spacial score (nSPS) is 25.4. The van der Waals surface area contributed by atoms with Crippen LogP contribution in [0.15, 0.2) is 0 Å². The maximum atomic E-state index is 10.3. The molecule has 2 rings (SSSR count). The van der Waals surface area contributed by atoms with E-state index in [0.29, 0.717) is 0 Å². The minimum absolute atomic E-state index is 0.220. The van der Waals surface area contributed by atoms with E-state index in [1.807, 2.05) is 0 Å². The lowest BCUT2D eigenvalue weighted by atomic mass is 9.99. The Morgan fingerprint density at radius 1 is 1.00 bits per heavy atom. The van der Waals surface area contributed by atoms with Crippen LogP contribution < -0.4 is 0 Å². The predicted octanol–water partition coefficient (Wildman–Crippen LogP) is 0.330. The largest absolute Gasteiger partial charge is 0.390 e. The number of piperazine rings is 1. The van der Waals surface area contributed by atoms with Crippen LogP contribution in [0.4, 0.5) is 0 Å². The van der Waals surface area contributed by atoms with E-state index in [1.54, 1.807) is 0 Å². The summed E-state index contributed by atoms with van der Waals surface area (Å²) in [7, 11) is 0. The van der Waals surface area contributed by atoms with Gasteiger partial charge in [0.25, 0.3) is 0 Å². The molecule has 114 valence electrons. The number of nitrogens with zero attached hydrogens (tertiary/aromatic N) is 3. The lowest BCUT2D eigenvalue weighted by Crippen LogP contribution is -2.50. The van der Waals surface area contributed by atoms with Gasteiger partial charge in [0, 0.05) is 39.3 Å². The number of hydrogen-bond donors (Lipinski definition) is 1. The number of aliphatic hydroxyl groups is 1. The van der Waals surface area contributed by atoms with Gasteiger partial charge in [0.05, 0.1) is 12.6 Å². The third-order valence-electron chi connectivity index (χ3n) is 4.59. The summed E-state index contributed by atoms with van der Waals surface area (Å²) in [6.07, 6.45) is 7.67. The molecule has 4 heteroatoms. The minimum atomic E-state index is -0.220. The van der Waals surface area contributed by atoms with E-state index >= 15 is 0 Å². The van der Waals surface area contributed by atoms with Gasteiger partial charge in [0.15, 0.2) is 0 Å². The van der Waals surface area contributed by atoms with E-state index in [4.69, 9.17) is 6.42 Å². The number of hydrogen-bond acceptors (Lipinski definition) is 4. The SMILES string of the molecule is C#CCN1CCN(CC(O)CN2CCC(C)CC2)CC1. The van der Waals surface area contributed by atoms with Gasteiger partial charge < -0.3 is 10.0 Å². The van der Waals surface area contributed by atoms with Crippen LogP contribution in [0.5, 0.6) is 0 Å². The van der Waals surface area contributed by atoms with Gasteiger partial charge in [0.2, 0.25) is 0 Å². The third-order valence-corrected chi connectivity index (χ3v) is 4.59. The van der Waals surface area contributed by atoms with Crippen LogP contribution in [0.2, 0.25) is 0 Å². The molecule has 0 saturated carbocycles. The smallest absolute Gasteiger partial charge is 0.0793 e. The van der Waals surface area contributed by atoms with Gasteiger partial charge in [-0.15, -0.1) is 6.42 Å². The van der Waals surface area contributed by atoms with E-state index in [2.05, 4.69) is 27.5 Å². The fourth-order valence-electron chi connectivity index (χ4n) is 3.16. The molecule has 0 aliphatic carbocycles. The summed E-state index contributed by atoms with van der Waals surface area (Å²) >= 11 is 0. The lowest BCUT2D eigenvalue weighted by molar-refractivity contribution is 0.0449. The van der Waals surface area contributed by atoms with Crippen molar-refractivity contribution in [3.8, 4) is 12.3 Å². The van der Waals surface area contributed by atoms with Crippen LogP contribution in [-0.4, -0.2) is 84.8 Å². The molecule has 0 radical (unpaired) electrons. The molecule has 0 bridgehead atoms. The maximum absolute atomic E-state index is 10.3. The Labute approximate surface area is 123 Å². The summed E-state index contributed by atoms with van der Waals surface area (Å²) in [6, 6.07) is 0. The fraction of sp³-hybridized carbons (Fsp3) is 0.875. The molecule has 0 amide bonds. The summed E-state index contributed by atoms with van der Waals surface area (Å²) < 4.78 is 0. The highest BCUT2D eigenvalue weighted by atomic mass is 16.3. The molecule has 1 unspecified atom stereocenters. The summed E-state index contributed by atoms with van der Waals surface area (Å²) in [5.41, 5.74) is 0. The Bertz CT molecular complexity index is 312. The average molecular weight is 279 g/mol. The topological polar surface area (TPSA) is 30.0 Å². The highest BCUT2D eigenvalue weighted by molar-refractivity contribution is 4.90. The first-order valence-corrected chi connectivity index (χ1v) is 7.96. The van der Waals surface area contributed by atoms with Gasteiger partial charge in [-0.3, -0.25) is 9.80 Å². The Balaban J connectivity index is 1.63. The van der Waals surface area contributed by atoms with E-state index in [9.17, 15) is 5.11 Å². The highest BCUT2D eigenvalue weighted by Gasteiger charge is 2.22. The van der Waals surface area contributed by atoms with Gasteiger partial charge in [-0.25, -0.2) is 0 Å². The van der Waals surface area contributed by atoms with Crippen LogP contribution >= 0.6 is 0 Å². The molecule has 2 aliphatic rings. The molecule has 0 aromatic carbocycles. The van der Waals surface area contributed by atoms with Gasteiger partial charge in [-0.05, 0) is 31.8 Å². The Hall–Kier alpha value is -0.600. The van der Waals surface area contributed by atoms with Crippen molar-refractivity contribution in [3.63, 3.8) is 0 Å². The number of likely N-dealkylation sites (tertiary alicyclic amines) is 1. The Kier molecular flexibility index (Phi) is 6.31. The van der Waals surface area contributed by atoms with Crippen LogP contribution in [0, 0.1) is 18.3 Å². The Morgan fingerprint density at radius 3 is 2.05 bits per heavy atom. The molecular formula is C16H29N3O. The van der Waals surface area contributed by atoms with Crippen LogP contribution in [0.1, 0.15) is 19.8 Å². The second-order valence-electron chi connectivity index (χ2n) is 6.42. The van der Waals surface area contributed by atoms with Crippen molar-refractivity contribution in [2.45, 2.75) is 25.9 Å². The number of terminal acetylenes is 1. The standard InChI is InChI=1S/C16H29N3O/c1-3-6-17-9-11-19(12-10-17)14-16(20)13-18-7-4-15(2)5-8-18/h1,15-16,20H,4-14H2,2H3. The molecule has 0 aromatic rings. The highest BCUT2D eigenvalue weighted by Crippen LogP contribution is 2.16. The molecule has 1 N–H and O–H groups in total. The van der Waals surface area contributed by atoms with Gasteiger partial charge >= 0.3 is 0 Å². The summed E-state index contributed by atoms with van der Waals surface area (Å²) in [5.74, 6) is 3.56. The molecular weight excluding hydrogens is 250 g/mol. The molecule has 2 heterocycles. The van der Waals surface area contributed by atoms with E-state index in [-0.39, 0.29) is 6.10 Å². The monoisotopic (exact) mass is 279 g/mol. The molecule has 1 atom stereocenters. The zero-order chi connectivity index (χ0) is 14.4. The van der Waals surface area contributed by atoms with Crippen molar-refractivity contribution in [2.24, 2.45) is 5.92 Å². The van der Waals surface area contributed by atoms with E-state index in [1.165, 1.54) is 12.8 Å². The summed E-state index contributed by atoms with van der Waals surface area (Å²) in [4.78, 5) is 7.08. The van der Waals surface area contributed by atoms with Gasteiger partial charge in [0.1, 0.15) is 0 Å². The van der Waals surface area contributed by atoms with Crippen molar-refractivity contribution in [2.75, 3.05) is 58.9 Å². The van der Waals surface area contributed by atoms with Crippen molar-refractivity contribution in [1.82, 2.24) is 14.7 Å². The third kappa shape index (κ3) is 5.06. The second-order valence-corrected chi connectivity index (χ2v) is 6.42. The van der Waals surface area contributed by atoms with Crippen LogP contribution in [0.25, 0.3) is 0 Å². The van der Waals surface area contributed by atoms with Gasteiger partial charge in [-0.1, -0.05) is 12.8 Å². The molecule has 0 spiro atoms. The molecule has 20 heavy (non-hydrogen) atoms. The molecule has 0 aromatic heterocycles. The molecule has 4 nitrogen and oxygen atoms in total. The maximum Gasteiger partial charge on any atom is 0.0793 e. The Morgan fingerprint density at radius 2 is 1.50 bits per heavy atom. The average Bonchev–Trinajstić information content (AvgIpc) is 2.44. The number of aliphatic hydroxyl groups excluding tert-OH is 1. The number of piperidine rings is 1. The quantitative estimate of drug-likeness (QED) is 0.735. The van der Waals surface area contributed by atoms with Crippen molar-refractivity contribution in [3.05, 3.63) is 0 Å². The van der Waals surface area contributed by atoms with Crippen molar-refractivity contribution in [1.29, 1.82) is 0 Å². The minimum Gasteiger partial charge on any atom is -0.390 e. The predicted molar refractivity (Wildman–Crippen MR) is 82.6 cm³/mol. The molecule has 2 aliphatic heterocycles. The molecule has 2 fully saturated rings. The van der Waals surface area contributed by atoms with Crippen molar-refractivity contribution < 1.29 is 5.11 Å². The van der Waals surface area contributed by atoms with E-state index in [0.717, 1.165) is 64.8 Å². The fourth-order valence-corrected chi connectivity index (χ4v) is 3.16. The second kappa shape index (κ2) is 7.99. The van der Waals surface area contributed by atoms with Crippen molar-refractivity contribution >= 4 is 0 Å². The zero-order valence-electron chi connectivity index (χ0n) is 12.8. The first-order chi connectivity index (χ1) is 9.67. The zero-order valence-corrected chi connectivity index (χ0v) is 12.8. The van der Waals surface area contributed by atoms with Crippen LogP contribution in [-0.2, 0) is 0 Å².